The highest BCUT2D eigenvalue weighted by atomic mass is 28.3. The Kier molecular flexibility index (Phi) is 3.20. The molecule has 90 valence electrons. The molecule has 2 nitrogen and oxygen atoms in total. The van der Waals surface area contributed by atoms with Crippen LogP contribution in [-0.2, 0) is 9.53 Å². The van der Waals surface area contributed by atoms with E-state index in [0.29, 0.717) is 6.42 Å². The molecule has 1 aliphatic heterocycles. The third kappa shape index (κ3) is 2.20. The van der Waals surface area contributed by atoms with Gasteiger partial charge in [-0.25, -0.2) is 0 Å². The second-order valence-electron chi connectivity index (χ2n) is 5.01. The van der Waals surface area contributed by atoms with E-state index in [9.17, 15) is 4.79 Å². The summed E-state index contributed by atoms with van der Waals surface area (Å²) < 4.78 is 5.29. The molecule has 17 heavy (non-hydrogen) atoms. The summed E-state index contributed by atoms with van der Waals surface area (Å²) in [6.07, 6.45) is 2.47. The van der Waals surface area contributed by atoms with E-state index in [1.54, 1.807) is 0 Å². The molecule has 0 radical (unpaired) electrons. The lowest BCUT2D eigenvalue weighted by atomic mass is 10.3. The topological polar surface area (TPSA) is 26.3 Å². The van der Waals surface area contributed by atoms with Crippen molar-refractivity contribution in [2.24, 2.45) is 0 Å². The lowest BCUT2D eigenvalue weighted by Gasteiger charge is -2.28. The van der Waals surface area contributed by atoms with Crippen LogP contribution in [0, 0.1) is 0 Å². The van der Waals surface area contributed by atoms with Gasteiger partial charge in [0.15, 0.2) is 0 Å². The first kappa shape index (κ1) is 12.1. The molecule has 0 aliphatic carbocycles. The molecule has 1 aromatic carbocycles. The van der Waals surface area contributed by atoms with Gasteiger partial charge in [-0.2, -0.15) is 0 Å². The highest BCUT2D eigenvalue weighted by Crippen LogP contribution is 2.39. The molecule has 0 bridgehead atoms. The number of allylic oxidation sites excluding steroid dienone is 2. The lowest BCUT2D eigenvalue weighted by molar-refractivity contribution is -0.135. The van der Waals surface area contributed by atoms with Crippen LogP contribution in [-0.4, -0.2) is 14.0 Å². The first-order valence-corrected chi connectivity index (χ1v) is 9.06. The molecule has 0 N–H and O–H groups in total. The molecular weight excluding hydrogens is 228 g/mol. The van der Waals surface area contributed by atoms with Crippen LogP contribution in [0.2, 0.25) is 18.6 Å². The van der Waals surface area contributed by atoms with E-state index in [-0.39, 0.29) is 11.5 Å². The SMILES string of the molecule is C/C=C1/OC(=O)CC1[Si](C)(C)c1ccccc1. The normalized spacial score (nSPS) is 22.9. The Hall–Kier alpha value is -1.35. The van der Waals surface area contributed by atoms with Crippen molar-refractivity contribution in [2.45, 2.75) is 32.0 Å². The summed E-state index contributed by atoms with van der Waals surface area (Å²) in [5.41, 5.74) is 0.280. The fourth-order valence-corrected chi connectivity index (χ4v) is 5.52. The van der Waals surface area contributed by atoms with Gasteiger partial charge in [0.2, 0.25) is 0 Å². The van der Waals surface area contributed by atoms with Gasteiger partial charge in [-0.3, -0.25) is 4.79 Å². The van der Waals surface area contributed by atoms with Gasteiger partial charge < -0.3 is 4.74 Å². The van der Waals surface area contributed by atoms with Crippen LogP contribution in [0.5, 0.6) is 0 Å². The summed E-state index contributed by atoms with van der Waals surface area (Å²) in [5.74, 6) is 0.787. The molecule has 1 fully saturated rings. The van der Waals surface area contributed by atoms with Crippen LogP contribution in [0.15, 0.2) is 42.2 Å². The molecule has 1 aliphatic rings. The maximum absolute atomic E-state index is 11.5. The molecule has 1 saturated heterocycles. The average Bonchev–Trinajstić information content (AvgIpc) is 2.72. The summed E-state index contributed by atoms with van der Waals surface area (Å²) in [6.45, 7) is 6.55. The van der Waals surface area contributed by atoms with Crippen molar-refractivity contribution >= 4 is 19.2 Å². The van der Waals surface area contributed by atoms with Gasteiger partial charge in [0, 0.05) is 5.54 Å². The minimum atomic E-state index is -1.69. The van der Waals surface area contributed by atoms with E-state index in [2.05, 4.69) is 37.4 Å². The van der Waals surface area contributed by atoms with Gasteiger partial charge in [0.1, 0.15) is 5.76 Å². The average molecular weight is 246 g/mol. The van der Waals surface area contributed by atoms with E-state index in [4.69, 9.17) is 4.74 Å². The monoisotopic (exact) mass is 246 g/mol. The predicted molar refractivity (Wildman–Crippen MR) is 71.8 cm³/mol. The Balaban J connectivity index is 2.36. The summed E-state index contributed by atoms with van der Waals surface area (Å²) >= 11 is 0. The van der Waals surface area contributed by atoms with Crippen molar-refractivity contribution in [1.29, 1.82) is 0 Å². The number of benzene rings is 1. The second kappa shape index (κ2) is 4.49. The van der Waals surface area contributed by atoms with Crippen LogP contribution >= 0.6 is 0 Å². The minimum Gasteiger partial charge on any atom is -0.431 e. The minimum absolute atomic E-state index is 0.0837. The highest BCUT2D eigenvalue weighted by molar-refractivity contribution is 6.91. The zero-order valence-electron chi connectivity index (χ0n) is 10.6. The van der Waals surface area contributed by atoms with Crippen molar-refractivity contribution in [1.82, 2.24) is 0 Å². The number of carbonyl (C=O) groups excluding carboxylic acids is 1. The van der Waals surface area contributed by atoms with Crippen LogP contribution in [0.4, 0.5) is 0 Å². The van der Waals surface area contributed by atoms with Gasteiger partial charge in [-0.15, -0.1) is 0 Å². The molecule has 1 heterocycles. The highest BCUT2D eigenvalue weighted by Gasteiger charge is 2.43. The smallest absolute Gasteiger partial charge is 0.311 e. The van der Waals surface area contributed by atoms with Crippen molar-refractivity contribution in [3.8, 4) is 0 Å². The summed E-state index contributed by atoms with van der Waals surface area (Å²) in [7, 11) is -1.69. The maximum Gasteiger partial charge on any atom is 0.311 e. The summed E-state index contributed by atoms with van der Waals surface area (Å²) in [4.78, 5) is 11.5. The second-order valence-corrected chi connectivity index (χ2v) is 9.73. The predicted octanol–water partition coefficient (Wildman–Crippen LogP) is 2.82. The Morgan fingerprint density at radius 1 is 1.29 bits per heavy atom. The Bertz CT molecular complexity index is 449. The molecule has 0 aromatic heterocycles. The Morgan fingerprint density at radius 2 is 1.94 bits per heavy atom. The number of ether oxygens (including phenoxy) is 1. The van der Waals surface area contributed by atoms with Gasteiger partial charge in [-0.05, 0) is 13.0 Å². The molecule has 2 rings (SSSR count). The number of cyclic esters (lactones) is 1. The zero-order chi connectivity index (χ0) is 12.5. The molecule has 1 unspecified atom stereocenters. The van der Waals surface area contributed by atoms with E-state index in [0.717, 1.165) is 5.76 Å². The lowest BCUT2D eigenvalue weighted by Crippen LogP contribution is -2.45. The maximum atomic E-state index is 11.5. The molecule has 1 atom stereocenters. The zero-order valence-corrected chi connectivity index (χ0v) is 11.6. The van der Waals surface area contributed by atoms with Crippen molar-refractivity contribution in [2.75, 3.05) is 0 Å². The van der Waals surface area contributed by atoms with E-state index < -0.39 is 8.07 Å². The molecule has 0 saturated carbocycles. The molecular formula is C14H18O2Si. The first-order chi connectivity index (χ1) is 8.05. The molecule has 0 spiro atoms. The van der Waals surface area contributed by atoms with Gasteiger partial charge >= 0.3 is 5.97 Å². The van der Waals surface area contributed by atoms with Crippen molar-refractivity contribution in [3.63, 3.8) is 0 Å². The van der Waals surface area contributed by atoms with Crippen LogP contribution in [0.3, 0.4) is 0 Å². The summed E-state index contributed by atoms with van der Waals surface area (Å²) in [5, 5.41) is 1.38. The van der Waals surface area contributed by atoms with Gasteiger partial charge in [0.05, 0.1) is 14.5 Å². The summed E-state index contributed by atoms with van der Waals surface area (Å²) in [6, 6.07) is 10.5. The fraction of sp³-hybridized carbons (Fsp3) is 0.357. The Morgan fingerprint density at radius 3 is 2.53 bits per heavy atom. The standard InChI is InChI=1S/C14H18O2Si/c1-4-12-13(10-14(15)16-12)17(2,3)11-8-6-5-7-9-11/h4-9,13H,10H2,1-3H3/b12-4+. The molecule has 3 heteroatoms. The van der Waals surface area contributed by atoms with E-state index in [1.807, 2.05) is 19.1 Å². The van der Waals surface area contributed by atoms with Crippen LogP contribution in [0.25, 0.3) is 0 Å². The van der Waals surface area contributed by atoms with Gasteiger partial charge in [0.25, 0.3) is 0 Å². The third-order valence-corrected chi connectivity index (χ3v) is 7.67. The van der Waals surface area contributed by atoms with Crippen molar-refractivity contribution in [3.05, 3.63) is 42.2 Å². The van der Waals surface area contributed by atoms with Crippen LogP contribution < -0.4 is 5.19 Å². The first-order valence-electron chi connectivity index (χ1n) is 5.98. The number of esters is 1. The van der Waals surface area contributed by atoms with Crippen LogP contribution in [0.1, 0.15) is 13.3 Å². The number of carbonyl (C=O) groups is 1. The van der Waals surface area contributed by atoms with Gasteiger partial charge in [-0.1, -0.05) is 48.6 Å². The number of hydrogen-bond donors (Lipinski definition) is 0. The molecule has 1 aromatic rings. The largest absolute Gasteiger partial charge is 0.431 e. The number of hydrogen-bond acceptors (Lipinski definition) is 2. The fourth-order valence-electron chi connectivity index (χ4n) is 2.45. The number of rotatable bonds is 2. The molecule has 0 amide bonds. The third-order valence-electron chi connectivity index (χ3n) is 3.62. The van der Waals surface area contributed by atoms with Crippen molar-refractivity contribution < 1.29 is 9.53 Å². The quantitative estimate of drug-likeness (QED) is 0.592. The van der Waals surface area contributed by atoms with E-state index >= 15 is 0 Å². The van der Waals surface area contributed by atoms with E-state index in [1.165, 1.54) is 5.19 Å². The Labute approximate surface area is 103 Å².